The van der Waals surface area contributed by atoms with Crippen molar-refractivity contribution >= 4 is 21.8 Å². The zero-order valence-corrected chi connectivity index (χ0v) is 11.0. The van der Waals surface area contributed by atoms with Crippen LogP contribution in [-0.2, 0) is 6.54 Å². The van der Waals surface area contributed by atoms with E-state index in [1.54, 1.807) is 18.0 Å². The van der Waals surface area contributed by atoms with E-state index in [2.05, 4.69) is 15.9 Å². The van der Waals surface area contributed by atoms with Gasteiger partial charge in [-0.05, 0) is 21.5 Å². The SMILES string of the molecule is CN(Cc1ccccc1)C(=O)c1coc(Br)c1. The number of hydrogen-bond acceptors (Lipinski definition) is 2. The lowest BCUT2D eigenvalue weighted by Gasteiger charge is -2.16. The van der Waals surface area contributed by atoms with Crippen LogP contribution in [0.1, 0.15) is 15.9 Å². The Morgan fingerprint density at radius 3 is 2.65 bits per heavy atom. The summed E-state index contributed by atoms with van der Waals surface area (Å²) in [5.74, 6) is -0.0525. The Balaban J connectivity index is 2.06. The fraction of sp³-hybridized carbons (Fsp3) is 0.154. The van der Waals surface area contributed by atoms with Crippen molar-refractivity contribution in [2.45, 2.75) is 6.54 Å². The second-order valence-electron chi connectivity index (χ2n) is 3.79. The van der Waals surface area contributed by atoms with Gasteiger partial charge in [0, 0.05) is 19.7 Å². The van der Waals surface area contributed by atoms with Crippen molar-refractivity contribution < 1.29 is 9.21 Å². The summed E-state index contributed by atoms with van der Waals surface area (Å²) in [5.41, 5.74) is 1.65. The van der Waals surface area contributed by atoms with Crippen LogP contribution < -0.4 is 0 Å². The quantitative estimate of drug-likeness (QED) is 0.870. The van der Waals surface area contributed by atoms with E-state index in [0.29, 0.717) is 16.8 Å². The van der Waals surface area contributed by atoms with Crippen molar-refractivity contribution in [1.29, 1.82) is 0 Å². The lowest BCUT2D eigenvalue weighted by Crippen LogP contribution is -2.25. The molecule has 2 rings (SSSR count). The summed E-state index contributed by atoms with van der Waals surface area (Å²) in [7, 11) is 1.77. The molecule has 4 heteroatoms. The van der Waals surface area contributed by atoms with E-state index in [1.807, 2.05) is 30.3 Å². The third-order valence-electron chi connectivity index (χ3n) is 2.42. The number of rotatable bonds is 3. The molecule has 1 amide bonds. The average Bonchev–Trinajstić information content (AvgIpc) is 2.76. The highest BCUT2D eigenvalue weighted by Crippen LogP contribution is 2.16. The molecule has 0 aliphatic rings. The molecular formula is C13H12BrNO2. The number of amides is 1. The molecular weight excluding hydrogens is 282 g/mol. The summed E-state index contributed by atoms with van der Waals surface area (Å²) in [5, 5.41) is 0. The highest BCUT2D eigenvalue weighted by molar-refractivity contribution is 9.10. The number of carbonyl (C=O) groups excluding carboxylic acids is 1. The minimum absolute atomic E-state index is 0.0525. The van der Waals surface area contributed by atoms with Gasteiger partial charge in [0.2, 0.25) is 0 Å². The molecule has 1 aromatic heterocycles. The molecule has 0 radical (unpaired) electrons. The zero-order chi connectivity index (χ0) is 12.3. The molecule has 88 valence electrons. The summed E-state index contributed by atoms with van der Waals surface area (Å²) in [6, 6.07) is 11.5. The zero-order valence-electron chi connectivity index (χ0n) is 9.39. The van der Waals surface area contributed by atoms with Gasteiger partial charge in [-0.1, -0.05) is 30.3 Å². The maximum absolute atomic E-state index is 12.0. The summed E-state index contributed by atoms with van der Waals surface area (Å²) in [6.45, 7) is 0.586. The molecule has 1 aromatic carbocycles. The van der Waals surface area contributed by atoms with Gasteiger partial charge in [0.25, 0.3) is 5.91 Å². The minimum atomic E-state index is -0.0525. The van der Waals surface area contributed by atoms with Gasteiger partial charge in [-0.25, -0.2) is 0 Å². The van der Waals surface area contributed by atoms with Gasteiger partial charge in [0.15, 0.2) is 4.67 Å². The van der Waals surface area contributed by atoms with E-state index < -0.39 is 0 Å². The van der Waals surface area contributed by atoms with Crippen molar-refractivity contribution in [3.63, 3.8) is 0 Å². The number of halogens is 1. The second kappa shape index (κ2) is 5.19. The van der Waals surface area contributed by atoms with Crippen LogP contribution in [-0.4, -0.2) is 17.9 Å². The van der Waals surface area contributed by atoms with Gasteiger partial charge in [-0.3, -0.25) is 4.79 Å². The van der Waals surface area contributed by atoms with Gasteiger partial charge >= 0.3 is 0 Å². The fourth-order valence-electron chi connectivity index (χ4n) is 1.57. The Labute approximate surface area is 108 Å². The number of benzene rings is 1. The molecule has 17 heavy (non-hydrogen) atoms. The lowest BCUT2D eigenvalue weighted by atomic mass is 10.2. The summed E-state index contributed by atoms with van der Waals surface area (Å²) in [6.07, 6.45) is 1.45. The molecule has 0 unspecified atom stereocenters. The minimum Gasteiger partial charge on any atom is -0.457 e. The van der Waals surface area contributed by atoms with Gasteiger partial charge in [-0.15, -0.1) is 0 Å². The van der Waals surface area contributed by atoms with Crippen LogP contribution in [0.25, 0.3) is 0 Å². The Bertz CT molecular complexity index is 507. The topological polar surface area (TPSA) is 33.5 Å². The third kappa shape index (κ3) is 2.97. The van der Waals surface area contributed by atoms with Crippen LogP contribution in [0.3, 0.4) is 0 Å². The van der Waals surface area contributed by atoms with Gasteiger partial charge in [0.05, 0.1) is 5.56 Å². The van der Waals surface area contributed by atoms with Crippen LogP contribution in [0.4, 0.5) is 0 Å². The standard InChI is InChI=1S/C13H12BrNO2/c1-15(8-10-5-3-2-4-6-10)13(16)11-7-12(14)17-9-11/h2-7,9H,8H2,1H3. The largest absolute Gasteiger partial charge is 0.457 e. The van der Waals surface area contributed by atoms with E-state index in [0.717, 1.165) is 5.56 Å². The molecule has 1 heterocycles. The molecule has 0 saturated carbocycles. The summed E-state index contributed by atoms with van der Waals surface area (Å²) >= 11 is 3.18. The Morgan fingerprint density at radius 2 is 2.06 bits per heavy atom. The molecule has 0 saturated heterocycles. The van der Waals surface area contributed by atoms with Crippen molar-refractivity contribution in [3.05, 3.63) is 58.5 Å². The predicted octanol–water partition coefficient (Wildman–Crippen LogP) is 3.31. The second-order valence-corrected chi connectivity index (χ2v) is 4.57. The van der Waals surface area contributed by atoms with Crippen LogP contribution in [0.5, 0.6) is 0 Å². The highest BCUT2D eigenvalue weighted by atomic mass is 79.9. The number of nitrogens with zero attached hydrogens (tertiary/aromatic N) is 1. The maximum Gasteiger partial charge on any atom is 0.257 e. The normalized spacial score (nSPS) is 10.2. The van der Waals surface area contributed by atoms with Crippen LogP contribution in [0.15, 0.2) is 51.7 Å². The molecule has 0 fully saturated rings. The van der Waals surface area contributed by atoms with E-state index in [-0.39, 0.29) is 5.91 Å². The molecule has 0 atom stereocenters. The Morgan fingerprint density at radius 1 is 1.35 bits per heavy atom. The molecule has 3 nitrogen and oxygen atoms in total. The first kappa shape index (κ1) is 11.9. The van der Waals surface area contributed by atoms with Crippen LogP contribution in [0.2, 0.25) is 0 Å². The monoisotopic (exact) mass is 293 g/mol. The van der Waals surface area contributed by atoms with Crippen molar-refractivity contribution in [2.75, 3.05) is 7.05 Å². The first-order valence-electron chi connectivity index (χ1n) is 5.20. The lowest BCUT2D eigenvalue weighted by molar-refractivity contribution is 0.0784. The van der Waals surface area contributed by atoms with Crippen molar-refractivity contribution in [1.82, 2.24) is 4.90 Å². The summed E-state index contributed by atoms with van der Waals surface area (Å²) < 4.78 is 5.62. The van der Waals surface area contributed by atoms with Gasteiger partial charge < -0.3 is 9.32 Å². The van der Waals surface area contributed by atoms with Crippen LogP contribution in [0, 0.1) is 0 Å². The number of carbonyl (C=O) groups is 1. The highest BCUT2D eigenvalue weighted by Gasteiger charge is 2.14. The van der Waals surface area contributed by atoms with E-state index >= 15 is 0 Å². The van der Waals surface area contributed by atoms with E-state index in [1.165, 1.54) is 6.26 Å². The Hall–Kier alpha value is -1.55. The van der Waals surface area contributed by atoms with E-state index in [9.17, 15) is 4.79 Å². The summed E-state index contributed by atoms with van der Waals surface area (Å²) in [4.78, 5) is 13.7. The third-order valence-corrected chi connectivity index (χ3v) is 2.84. The van der Waals surface area contributed by atoms with E-state index in [4.69, 9.17) is 4.42 Å². The fourth-order valence-corrected chi connectivity index (χ4v) is 1.91. The smallest absolute Gasteiger partial charge is 0.257 e. The molecule has 0 aliphatic heterocycles. The molecule has 0 aliphatic carbocycles. The van der Waals surface area contributed by atoms with Crippen LogP contribution >= 0.6 is 15.9 Å². The molecule has 0 spiro atoms. The maximum atomic E-state index is 12.0. The van der Waals surface area contributed by atoms with Gasteiger partial charge in [0.1, 0.15) is 6.26 Å². The van der Waals surface area contributed by atoms with Crippen molar-refractivity contribution in [2.24, 2.45) is 0 Å². The first-order chi connectivity index (χ1) is 8.16. The molecule has 2 aromatic rings. The average molecular weight is 294 g/mol. The van der Waals surface area contributed by atoms with Crippen molar-refractivity contribution in [3.8, 4) is 0 Å². The Kier molecular flexibility index (Phi) is 3.64. The number of hydrogen-bond donors (Lipinski definition) is 0. The first-order valence-corrected chi connectivity index (χ1v) is 5.99. The molecule has 0 bridgehead atoms. The van der Waals surface area contributed by atoms with Gasteiger partial charge in [-0.2, -0.15) is 0 Å². The number of furan rings is 1. The molecule has 0 N–H and O–H groups in total. The predicted molar refractivity (Wildman–Crippen MR) is 68.6 cm³/mol.